The van der Waals surface area contributed by atoms with Crippen LogP contribution in [0, 0.1) is 0 Å². The van der Waals surface area contributed by atoms with E-state index in [1.54, 1.807) is 12.5 Å². The van der Waals surface area contributed by atoms with Gasteiger partial charge >= 0.3 is 0 Å². The van der Waals surface area contributed by atoms with Crippen LogP contribution in [-0.2, 0) is 11.2 Å². The van der Waals surface area contributed by atoms with Crippen molar-refractivity contribution in [2.75, 3.05) is 7.05 Å². The van der Waals surface area contributed by atoms with E-state index in [1.165, 1.54) is 19.3 Å². The Morgan fingerprint density at radius 2 is 2.18 bits per heavy atom. The van der Waals surface area contributed by atoms with Crippen molar-refractivity contribution in [3.05, 3.63) is 24.2 Å². The average Bonchev–Trinajstić information content (AvgIpc) is 2.83. The normalized spacial score (nSPS) is 19.1. The summed E-state index contributed by atoms with van der Waals surface area (Å²) < 4.78 is 4.99. The molecule has 0 radical (unpaired) electrons. The molecule has 3 heteroatoms. The van der Waals surface area contributed by atoms with Crippen LogP contribution in [0.15, 0.2) is 23.0 Å². The van der Waals surface area contributed by atoms with Gasteiger partial charge in [-0.15, -0.1) is 0 Å². The summed E-state index contributed by atoms with van der Waals surface area (Å²) in [5.74, 6) is 0.308. The molecular weight excluding hydrogens is 214 g/mol. The fraction of sp³-hybridized carbons (Fsp3) is 0.643. The van der Waals surface area contributed by atoms with Crippen LogP contribution >= 0.6 is 0 Å². The van der Waals surface area contributed by atoms with E-state index in [9.17, 15) is 4.79 Å². The molecule has 1 saturated carbocycles. The molecule has 0 saturated heterocycles. The van der Waals surface area contributed by atoms with Gasteiger partial charge in [0.1, 0.15) is 5.78 Å². The third-order valence-corrected chi connectivity index (χ3v) is 3.86. The lowest BCUT2D eigenvalue weighted by atomic mass is 9.78. The minimum Gasteiger partial charge on any atom is -0.472 e. The van der Waals surface area contributed by atoms with Crippen LogP contribution in [-0.4, -0.2) is 18.4 Å². The van der Waals surface area contributed by atoms with Crippen LogP contribution < -0.4 is 5.32 Å². The molecule has 0 unspecified atom stereocenters. The predicted molar refractivity (Wildman–Crippen MR) is 66.9 cm³/mol. The topological polar surface area (TPSA) is 42.2 Å². The predicted octanol–water partition coefficient (Wildman–Crippen LogP) is 2.70. The highest BCUT2D eigenvalue weighted by atomic mass is 16.3. The van der Waals surface area contributed by atoms with Crippen LogP contribution in [0.1, 0.15) is 44.1 Å². The third kappa shape index (κ3) is 3.19. The fourth-order valence-electron chi connectivity index (χ4n) is 2.80. The Bertz CT molecular complexity index is 350. The van der Waals surface area contributed by atoms with Crippen molar-refractivity contribution >= 4 is 5.78 Å². The summed E-state index contributed by atoms with van der Waals surface area (Å²) in [5, 5.41) is 3.38. The van der Waals surface area contributed by atoms with E-state index in [1.807, 2.05) is 13.1 Å². The van der Waals surface area contributed by atoms with Crippen molar-refractivity contribution < 1.29 is 9.21 Å². The van der Waals surface area contributed by atoms with Crippen LogP contribution in [0.5, 0.6) is 0 Å². The molecule has 0 aromatic carbocycles. The summed E-state index contributed by atoms with van der Waals surface area (Å²) in [5.41, 5.74) is 1.04. The summed E-state index contributed by atoms with van der Waals surface area (Å²) in [4.78, 5) is 12.1. The minimum atomic E-state index is 0.0546. The Morgan fingerprint density at radius 3 is 2.76 bits per heavy atom. The van der Waals surface area contributed by atoms with Crippen molar-refractivity contribution in [1.29, 1.82) is 0 Å². The number of furan rings is 1. The monoisotopic (exact) mass is 235 g/mol. The molecule has 3 nitrogen and oxygen atoms in total. The summed E-state index contributed by atoms with van der Waals surface area (Å²) >= 11 is 0. The number of nitrogens with one attached hydrogen (secondary N) is 1. The van der Waals surface area contributed by atoms with Crippen molar-refractivity contribution in [2.24, 2.45) is 0 Å². The van der Waals surface area contributed by atoms with E-state index in [2.05, 4.69) is 5.32 Å². The zero-order valence-corrected chi connectivity index (χ0v) is 10.5. The van der Waals surface area contributed by atoms with Gasteiger partial charge in [-0.2, -0.15) is 0 Å². The zero-order valence-electron chi connectivity index (χ0n) is 10.5. The van der Waals surface area contributed by atoms with Crippen molar-refractivity contribution in [1.82, 2.24) is 5.32 Å². The van der Waals surface area contributed by atoms with E-state index in [4.69, 9.17) is 4.42 Å². The molecule has 94 valence electrons. The van der Waals surface area contributed by atoms with Crippen LogP contribution in [0.2, 0.25) is 0 Å². The maximum Gasteiger partial charge on any atom is 0.139 e. The third-order valence-electron chi connectivity index (χ3n) is 3.86. The lowest BCUT2D eigenvalue weighted by Crippen LogP contribution is -2.46. The second-order valence-corrected chi connectivity index (χ2v) is 5.11. The van der Waals surface area contributed by atoms with Crippen molar-refractivity contribution in [2.45, 2.75) is 50.5 Å². The summed E-state index contributed by atoms with van der Waals surface area (Å²) in [7, 11) is 1.98. The van der Waals surface area contributed by atoms with Gasteiger partial charge in [-0.1, -0.05) is 19.3 Å². The van der Waals surface area contributed by atoms with Crippen molar-refractivity contribution in [3.8, 4) is 0 Å². The second-order valence-electron chi connectivity index (χ2n) is 5.11. The van der Waals surface area contributed by atoms with Gasteiger partial charge in [0.05, 0.1) is 12.5 Å². The van der Waals surface area contributed by atoms with E-state index in [-0.39, 0.29) is 5.54 Å². The highest BCUT2D eigenvalue weighted by Gasteiger charge is 2.32. The van der Waals surface area contributed by atoms with Gasteiger partial charge in [0.2, 0.25) is 0 Å². The molecule has 0 bridgehead atoms. The minimum absolute atomic E-state index is 0.0546. The number of hydrogen-bond donors (Lipinski definition) is 1. The number of ketones is 1. The number of carbonyl (C=O) groups excluding carboxylic acids is 1. The molecular formula is C14H21NO2. The Balaban J connectivity index is 1.91. The standard InChI is InChI=1S/C14H21NO2/c1-15-14(6-3-2-4-7-14)10-13(16)9-12-5-8-17-11-12/h5,8,11,15H,2-4,6-7,9-10H2,1H3. The molecule has 1 aliphatic rings. The highest BCUT2D eigenvalue weighted by molar-refractivity contribution is 5.81. The largest absolute Gasteiger partial charge is 0.472 e. The Morgan fingerprint density at radius 1 is 1.41 bits per heavy atom. The molecule has 1 N–H and O–H groups in total. The van der Waals surface area contributed by atoms with Crippen LogP contribution in [0.4, 0.5) is 0 Å². The maximum absolute atomic E-state index is 12.1. The highest BCUT2D eigenvalue weighted by Crippen LogP contribution is 2.31. The first kappa shape index (κ1) is 12.4. The molecule has 1 fully saturated rings. The van der Waals surface area contributed by atoms with Gasteiger partial charge in [0, 0.05) is 18.4 Å². The molecule has 0 aliphatic heterocycles. The first-order valence-electron chi connectivity index (χ1n) is 6.46. The van der Waals surface area contributed by atoms with Gasteiger partial charge in [-0.3, -0.25) is 4.79 Å². The van der Waals surface area contributed by atoms with E-state index >= 15 is 0 Å². The SMILES string of the molecule is CNC1(CC(=O)Cc2ccoc2)CCCCC1. The molecule has 0 atom stereocenters. The lowest BCUT2D eigenvalue weighted by Gasteiger charge is -2.36. The van der Waals surface area contributed by atoms with E-state index in [0.717, 1.165) is 18.4 Å². The van der Waals surface area contributed by atoms with E-state index < -0.39 is 0 Å². The summed E-state index contributed by atoms with van der Waals surface area (Å²) in [6, 6.07) is 1.87. The Kier molecular flexibility index (Phi) is 4.00. The average molecular weight is 235 g/mol. The first-order valence-corrected chi connectivity index (χ1v) is 6.46. The summed E-state index contributed by atoms with van der Waals surface area (Å²) in [6.07, 6.45) is 10.5. The number of Topliss-reactive ketones (excluding diaryl/α,β-unsaturated/α-hetero) is 1. The number of rotatable bonds is 5. The molecule has 1 heterocycles. The van der Waals surface area contributed by atoms with Crippen LogP contribution in [0.25, 0.3) is 0 Å². The van der Waals surface area contributed by atoms with E-state index in [0.29, 0.717) is 18.6 Å². The van der Waals surface area contributed by atoms with Gasteiger partial charge < -0.3 is 9.73 Å². The molecule has 0 spiro atoms. The molecule has 1 aliphatic carbocycles. The Labute approximate surface area is 103 Å². The fourth-order valence-corrected chi connectivity index (χ4v) is 2.80. The molecule has 0 amide bonds. The number of carbonyl (C=O) groups is 1. The molecule has 1 aromatic rings. The molecule has 2 rings (SSSR count). The van der Waals surface area contributed by atoms with Gasteiger partial charge in [-0.05, 0) is 31.5 Å². The maximum atomic E-state index is 12.1. The quantitative estimate of drug-likeness (QED) is 0.853. The smallest absolute Gasteiger partial charge is 0.139 e. The lowest BCUT2D eigenvalue weighted by molar-refractivity contribution is -0.120. The van der Waals surface area contributed by atoms with Crippen LogP contribution in [0.3, 0.4) is 0 Å². The van der Waals surface area contributed by atoms with Crippen molar-refractivity contribution in [3.63, 3.8) is 0 Å². The Hall–Kier alpha value is -1.09. The second kappa shape index (κ2) is 5.50. The summed E-state index contributed by atoms with van der Waals surface area (Å²) in [6.45, 7) is 0. The first-order chi connectivity index (χ1) is 8.24. The number of hydrogen-bond acceptors (Lipinski definition) is 3. The van der Waals surface area contributed by atoms with Gasteiger partial charge in [-0.25, -0.2) is 0 Å². The van der Waals surface area contributed by atoms with Gasteiger partial charge in [0.25, 0.3) is 0 Å². The molecule has 1 aromatic heterocycles. The van der Waals surface area contributed by atoms with Gasteiger partial charge in [0.15, 0.2) is 0 Å². The zero-order chi connectivity index (χ0) is 12.1. The molecule has 17 heavy (non-hydrogen) atoms.